The molecule has 1 aromatic heterocycles. The first-order valence-electron chi connectivity index (χ1n) is 6.92. The molecule has 0 aliphatic carbocycles. The summed E-state index contributed by atoms with van der Waals surface area (Å²) in [5.74, 6) is -0.144. The molecular formula is C13H22N4O3. The zero-order valence-corrected chi connectivity index (χ0v) is 12.3. The second-order valence-electron chi connectivity index (χ2n) is 5.09. The summed E-state index contributed by atoms with van der Waals surface area (Å²) in [6.07, 6.45) is 1.94. The monoisotopic (exact) mass is 282 g/mol. The molecule has 7 nitrogen and oxygen atoms in total. The Morgan fingerprint density at radius 1 is 1.45 bits per heavy atom. The maximum Gasteiger partial charge on any atom is 0.360 e. The predicted molar refractivity (Wildman–Crippen MR) is 72.8 cm³/mol. The topological polar surface area (TPSA) is 78.3 Å². The number of hydrogen-bond donors (Lipinski definition) is 1. The van der Waals surface area contributed by atoms with Gasteiger partial charge in [0.2, 0.25) is 0 Å². The van der Waals surface area contributed by atoms with E-state index in [4.69, 9.17) is 9.47 Å². The molecule has 0 amide bonds. The fourth-order valence-corrected chi connectivity index (χ4v) is 2.66. The van der Waals surface area contributed by atoms with Crippen LogP contribution in [0.1, 0.15) is 47.9 Å². The summed E-state index contributed by atoms with van der Waals surface area (Å²) < 4.78 is 11.8. The van der Waals surface area contributed by atoms with Gasteiger partial charge in [-0.2, -0.15) is 0 Å². The number of aromatic nitrogens is 3. The van der Waals surface area contributed by atoms with Gasteiger partial charge in [0.25, 0.3) is 0 Å². The second kappa shape index (κ2) is 6.81. The van der Waals surface area contributed by atoms with Crippen LogP contribution in [0.5, 0.6) is 0 Å². The Balaban J connectivity index is 2.36. The third-order valence-electron chi connectivity index (χ3n) is 3.66. The Bertz CT molecular complexity index is 454. The molecule has 7 heteroatoms. The predicted octanol–water partition coefficient (Wildman–Crippen LogP) is 0.739. The number of esters is 1. The molecule has 1 unspecified atom stereocenters. The lowest BCUT2D eigenvalue weighted by molar-refractivity contribution is 0.0591. The Morgan fingerprint density at radius 3 is 2.75 bits per heavy atom. The maximum absolute atomic E-state index is 11.9. The van der Waals surface area contributed by atoms with Crippen molar-refractivity contribution in [3.8, 4) is 0 Å². The Hall–Kier alpha value is -1.47. The van der Waals surface area contributed by atoms with Crippen molar-refractivity contribution >= 4 is 5.97 Å². The van der Waals surface area contributed by atoms with Gasteiger partial charge in [-0.25, -0.2) is 9.48 Å². The van der Waals surface area contributed by atoms with Gasteiger partial charge in [-0.05, 0) is 32.9 Å². The van der Waals surface area contributed by atoms with Gasteiger partial charge in [0.1, 0.15) is 0 Å². The van der Waals surface area contributed by atoms with Gasteiger partial charge in [-0.1, -0.05) is 5.21 Å². The third kappa shape index (κ3) is 2.99. The molecule has 1 aromatic rings. The summed E-state index contributed by atoms with van der Waals surface area (Å²) >= 11 is 0. The van der Waals surface area contributed by atoms with Gasteiger partial charge in [0.05, 0.1) is 25.5 Å². The second-order valence-corrected chi connectivity index (χ2v) is 5.09. The zero-order chi connectivity index (χ0) is 14.5. The smallest absolute Gasteiger partial charge is 0.360 e. The van der Waals surface area contributed by atoms with E-state index in [1.807, 2.05) is 11.6 Å². The van der Waals surface area contributed by atoms with Gasteiger partial charge in [0, 0.05) is 13.0 Å². The van der Waals surface area contributed by atoms with Gasteiger partial charge in [-0.3, -0.25) is 0 Å². The van der Waals surface area contributed by atoms with Crippen LogP contribution < -0.4 is 5.32 Å². The summed E-state index contributed by atoms with van der Waals surface area (Å²) in [4.78, 5) is 11.9. The first-order valence-corrected chi connectivity index (χ1v) is 6.92. The molecule has 1 aliphatic rings. The molecule has 0 saturated carbocycles. The highest BCUT2D eigenvalue weighted by Gasteiger charge is 2.29. The van der Waals surface area contributed by atoms with E-state index in [9.17, 15) is 4.79 Å². The van der Waals surface area contributed by atoms with Crippen LogP contribution in [0.2, 0.25) is 0 Å². The highest BCUT2D eigenvalue weighted by atomic mass is 16.5. The van der Waals surface area contributed by atoms with Crippen molar-refractivity contribution in [2.45, 2.75) is 31.7 Å². The van der Waals surface area contributed by atoms with Crippen molar-refractivity contribution in [2.75, 3.05) is 33.9 Å². The van der Waals surface area contributed by atoms with E-state index in [1.165, 1.54) is 7.11 Å². The van der Waals surface area contributed by atoms with Gasteiger partial charge in [0.15, 0.2) is 5.69 Å². The number of methoxy groups -OCH3 is 2. The average molecular weight is 282 g/mol. The number of ether oxygens (including phenoxy) is 2. The maximum atomic E-state index is 11.9. The lowest BCUT2D eigenvalue weighted by Gasteiger charge is -2.25. The van der Waals surface area contributed by atoms with Crippen LogP contribution in [0.25, 0.3) is 0 Å². The molecule has 0 aromatic carbocycles. The number of nitrogens with zero attached hydrogens (tertiary/aromatic N) is 3. The normalized spacial score (nSPS) is 17.9. The SMILES string of the molecule is COCC(C)n1nnc(C(=O)OC)c1C1CCNCC1. The van der Waals surface area contributed by atoms with E-state index in [1.54, 1.807) is 7.11 Å². The fraction of sp³-hybridized carbons (Fsp3) is 0.769. The van der Waals surface area contributed by atoms with Crippen LogP contribution in [-0.2, 0) is 9.47 Å². The van der Waals surface area contributed by atoms with Crippen LogP contribution in [0.15, 0.2) is 0 Å². The van der Waals surface area contributed by atoms with Gasteiger partial charge < -0.3 is 14.8 Å². The van der Waals surface area contributed by atoms with Crippen molar-refractivity contribution in [2.24, 2.45) is 0 Å². The van der Waals surface area contributed by atoms with E-state index in [0.717, 1.165) is 31.6 Å². The standard InChI is InChI=1S/C13H22N4O3/c1-9(8-19-2)17-12(10-4-6-14-7-5-10)11(15-16-17)13(18)20-3/h9-10,14H,4-8H2,1-3H3. The summed E-state index contributed by atoms with van der Waals surface area (Å²) in [5, 5.41) is 11.5. The number of carbonyl (C=O) groups excluding carboxylic acids is 1. The molecule has 2 heterocycles. The first-order chi connectivity index (χ1) is 9.69. The molecule has 112 valence electrons. The number of hydrogen-bond acceptors (Lipinski definition) is 6. The van der Waals surface area contributed by atoms with E-state index in [2.05, 4.69) is 15.6 Å². The summed E-state index contributed by atoms with van der Waals surface area (Å²) in [5.41, 5.74) is 1.21. The summed E-state index contributed by atoms with van der Waals surface area (Å²) in [6.45, 7) is 4.41. The van der Waals surface area contributed by atoms with Crippen LogP contribution in [0.3, 0.4) is 0 Å². The fourth-order valence-electron chi connectivity index (χ4n) is 2.66. The van der Waals surface area contributed by atoms with Gasteiger partial charge in [-0.15, -0.1) is 5.10 Å². The average Bonchev–Trinajstić information content (AvgIpc) is 2.92. The molecule has 0 radical (unpaired) electrons. The van der Waals surface area contributed by atoms with E-state index in [0.29, 0.717) is 12.3 Å². The minimum Gasteiger partial charge on any atom is -0.464 e. The minimum absolute atomic E-state index is 0.0378. The van der Waals surface area contributed by atoms with Crippen molar-refractivity contribution in [1.82, 2.24) is 20.3 Å². The van der Waals surface area contributed by atoms with Crippen LogP contribution in [0.4, 0.5) is 0 Å². The van der Waals surface area contributed by atoms with Crippen molar-refractivity contribution < 1.29 is 14.3 Å². The third-order valence-corrected chi connectivity index (χ3v) is 3.66. The molecule has 1 atom stereocenters. The Morgan fingerprint density at radius 2 is 2.15 bits per heavy atom. The molecule has 1 fully saturated rings. The lowest BCUT2D eigenvalue weighted by Crippen LogP contribution is -2.29. The van der Waals surface area contributed by atoms with Crippen LogP contribution >= 0.6 is 0 Å². The van der Waals surface area contributed by atoms with Crippen molar-refractivity contribution in [3.05, 3.63) is 11.4 Å². The molecule has 0 spiro atoms. The minimum atomic E-state index is -0.422. The summed E-state index contributed by atoms with van der Waals surface area (Å²) in [6, 6.07) is 0.0378. The molecule has 1 saturated heterocycles. The number of rotatable bonds is 5. The Kier molecular flexibility index (Phi) is 5.08. The highest BCUT2D eigenvalue weighted by Crippen LogP contribution is 2.29. The van der Waals surface area contributed by atoms with Gasteiger partial charge >= 0.3 is 5.97 Å². The van der Waals surface area contributed by atoms with E-state index in [-0.39, 0.29) is 12.0 Å². The van der Waals surface area contributed by atoms with Crippen molar-refractivity contribution in [1.29, 1.82) is 0 Å². The molecule has 2 rings (SSSR count). The summed E-state index contributed by atoms with van der Waals surface area (Å²) in [7, 11) is 3.02. The molecule has 0 bridgehead atoms. The number of nitrogens with one attached hydrogen (secondary N) is 1. The highest BCUT2D eigenvalue weighted by molar-refractivity contribution is 5.88. The molecule has 1 N–H and O–H groups in total. The van der Waals surface area contributed by atoms with Crippen LogP contribution in [-0.4, -0.2) is 54.9 Å². The van der Waals surface area contributed by atoms with Crippen molar-refractivity contribution in [3.63, 3.8) is 0 Å². The van der Waals surface area contributed by atoms with E-state index < -0.39 is 5.97 Å². The van der Waals surface area contributed by atoms with Crippen LogP contribution in [0, 0.1) is 0 Å². The Labute approximate surface area is 118 Å². The number of carbonyl (C=O) groups is 1. The quantitative estimate of drug-likeness (QED) is 0.803. The number of piperidine rings is 1. The van der Waals surface area contributed by atoms with E-state index >= 15 is 0 Å². The zero-order valence-electron chi connectivity index (χ0n) is 12.3. The first kappa shape index (κ1) is 14.9. The molecule has 1 aliphatic heterocycles. The molecule has 20 heavy (non-hydrogen) atoms. The lowest BCUT2D eigenvalue weighted by atomic mass is 9.92. The molecular weight excluding hydrogens is 260 g/mol. The largest absolute Gasteiger partial charge is 0.464 e.